The molecular weight excluding hydrogens is 304 g/mol. The molecule has 1 aromatic carbocycles. The minimum absolute atomic E-state index is 0. The molecule has 0 fully saturated rings. The molecule has 0 heterocycles. The SMILES string of the molecule is CCN(CC)CCCNC(=O)c1ccc(OC(C)=O)cc1.Cl. The lowest BCUT2D eigenvalue weighted by Gasteiger charge is -2.17. The van der Waals surface area contributed by atoms with Gasteiger partial charge in [-0.3, -0.25) is 9.59 Å². The van der Waals surface area contributed by atoms with E-state index in [4.69, 9.17) is 4.74 Å². The zero-order valence-electron chi connectivity index (χ0n) is 13.4. The standard InChI is InChI=1S/C16H24N2O3.ClH/c1-4-18(5-2)12-6-11-17-16(20)14-7-9-15(10-8-14)21-13(3)19;/h7-10H,4-6,11-12H2,1-3H3,(H,17,20);1H. The Kier molecular flexibility index (Phi) is 10.2. The first-order chi connectivity index (χ1) is 10.1. The Morgan fingerprint density at radius 2 is 1.73 bits per heavy atom. The lowest BCUT2D eigenvalue weighted by atomic mass is 10.2. The van der Waals surface area contributed by atoms with Gasteiger partial charge in [-0.15, -0.1) is 12.4 Å². The van der Waals surface area contributed by atoms with E-state index in [1.807, 2.05) is 0 Å². The van der Waals surface area contributed by atoms with E-state index in [1.165, 1.54) is 6.92 Å². The Balaban J connectivity index is 0.00000441. The van der Waals surface area contributed by atoms with Gasteiger partial charge >= 0.3 is 5.97 Å². The molecule has 0 aromatic heterocycles. The second-order valence-corrected chi connectivity index (χ2v) is 4.75. The van der Waals surface area contributed by atoms with Gasteiger partial charge in [-0.25, -0.2) is 0 Å². The first-order valence-electron chi connectivity index (χ1n) is 7.35. The maximum Gasteiger partial charge on any atom is 0.308 e. The van der Waals surface area contributed by atoms with Crippen molar-refractivity contribution in [1.82, 2.24) is 10.2 Å². The molecule has 0 atom stereocenters. The van der Waals surface area contributed by atoms with E-state index in [1.54, 1.807) is 24.3 Å². The van der Waals surface area contributed by atoms with Crippen LogP contribution in [0, 0.1) is 0 Å². The summed E-state index contributed by atoms with van der Waals surface area (Å²) in [6, 6.07) is 6.54. The fourth-order valence-electron chi connectivity index (χ4n) is 1.99. The lowest BCUT2D eigenvalue weighted by Crippen LogP contribution is -2.29. The van der Waals surface area contributed by atoms with Crippen molar-refractivity contribution in [1.29, 1.82) is 0 Å². The number of carbonyl (C=O) groups excluding carboxylic acids is 2. The highest BCUT2D eigenvalue weighted by Gasteiger charge is 2.06. The largest absolute Gasteiger partial charge is 0.427 e. The molecule has 6 heteroatoms. The molecule has 0 aliphatic rings. The summed E-state index contributed by atoms with van der Waals surface area (Å²) in [5.74, 6) is -0.0342. The number of ether oxygens (including phenoxy) is 1. The summed E-state index contributed by atoms with van der Waals surface area (Å²) in [5, 5.41) is 2.89. The van der Waals surface area contributed by atoms with Gasteiger partial charge in [-0.1, -0.05) is 13.8 Å². The molecule has 5 nitrogen and oxygen atoms in total. The van der Waals surface area contributed by atoms with Crippen LogP contribution < -0.4 is 10.1 Å². The highest BCUT2D eigenvalue weighted by molar-refractivity contribution is 5.94. The quantitative estimate of drug-likeness (QED) is 0.452. The molecule has 0 spiro atoms. The third-order valence-electron chi connectivity index (χ3n) is 3.21. The molecule has 22 heavy (non-hydrogen) atoms. The van der Waals surface area contributed by atoms with E-state index in [0.717, 1.165) is 26.1 Å². The van der Waals surface area contributed by atoms with Gasteiger partial charge in [0.2, 0.25) is 0 Å². The molecular formula is C16H25ClN2O3. The number of hydrogen-bond acceptors (Lipinski definition) is 4. The minimum Gasteiger partial charge on any atom is -0.427 e. The molecule has 1 aromatic rings. The second kappa shape index (κ2) is 11.0. The number of esters is 1. The number of carbonyl (C=O) groups is 2. The van der Waals surface area contributed by atoms with Crippen molar-refractivity contribution in [3.05, 3.63) is 29.8 Å². The molecule has 1 amide bonds. The number of benzene rings is 1. The smallest absolute Gasteiger partial charge is 0.308 e. The number of hydrogen-bond donors (Lipinski definition) is 1. The maximum atomic E-state index is 11.9. The Morgan fingerprint density at radius 1 is 1.14 bits per heavy atom. The van der Waals surface area contributed by atoms with Crippen molar-refractivity contribution < 1.29 is 14.3 Å². The van der Waals surface area contributed by atoms with Crippen LogP contribution in [0.2, 0.25) is 0 Å². The highest BCUT2D eigenvalue weighted by Crippen LogP contribution is 2.12. The monoisotopic (exact) mass is 328 g/mol. The third-order valence-corrected chi connectivity index (χ3v) is 3.21. The minimum atomic E-state index is -0.372. The number of nitrogens with zero attached hydrogens (tertiary/aromatic N) is 1. The molecule has 0 radical (unpaired) electrons. The first kappa shape index (κ1) is 20.4. The van der Waals surface area contributed by atoms with Gasteiger partial charge in [-0.2, -0.15) is 0 Å². The zero-order chi connectivity index (χ0) is 15.7. The van der Waals surface area contributed by atoms with Crippen LogP contribution in [0.1, 0.15) is 37.6 Å². The van der Waals surface area contributed by atoms with Crippen LogP contribution in [0.25, 0.3) is 0 Å². The Labute approximate surface area is 138 Å². The van der Waals surface area contributed by atoms with E-state index in [2.05, 4.69) is 24.1 Å². The molecule has 0 saturated carbocycles. The number of amides is 1. The van der Waals surface area contributed by atoms with Crippen molar-refractivity contribution in [2.45, 2.75) is 27.2 Å². The lowest BCUT2D eigenvalue weighted by molar-refractivity contribution is -0.131. The van der Waals surface area contributed by atoms with Crippen molar-refractivity contribution in [2.24, 2.45) is 0 Å². The summed E-state index contributed by atoms with van der Waals surface area (Å²) >= 11 is 0. The summed E-state index contributed by atoms with van der Waals surface area (Å²) < 4.78 is 4.92. The van der Waals surface area contributed by atoms with Crippen molar-refractivity contribution in [3.63, 3.8) is 0 Å². The number of nitrogens with one attached hydrogen (secondary N) is 1. The molecule has 0 saturated heterocycles. The predicted molar refractivity (Wildman–Crippen MR) is 89.7 cm³/mol. The van der Waals surface area contributed by atoms with Crippen molar-refractivity contribution in [3.8, 4) is 5.75 Å². The molecule has 0 bridgehead atoms. The molecule has 0 aliphatic carbocycles. The molecule has 124 valence electrons. The van der Waals surface area contributed by atoms with Gasteiger partial charge in [0.1, 0.15) is 5.75 Å². The summed E-state index contributed by atoms with van der Waals surface area (Å²) in [5.41, 5.74) is 0.564. The van der Waals surface area contributed by atoms with Crippen LogP contribution in [0.5, 0.6) is 5.75 Å². The van der Waals surface area contributed by atoms with Crippen LogP contribution in [0.4, 0.5) is 0 Å². The van der Waals surface area contributed by atoms with Gasteiger partial charge in [0.15, 0.2) is 0 Å². The summed E-state index contributed by atoms with van der Waals surface area (Å²) in [6.45, 7) is 9.31. The maximum absolute atomic E-state index is 11.9. The van der Waals surface area contributed by atoms with Gasteiger partial charge in [-0.05, 0) is 50.3 Å². The van der Waals surface area contributed by atoms with E-state index < -0.39 is 0 Å². The fourth-order valence-corrected chi connectivity index (χ4v) is 1.99. The van der Waals surface area contributed by atoms with Gasteiger partial charge < -0.3 is 15.0 Å². The van der Waals surface area contributed by atoms with E-state index >= 15 is 0 Å². The van der Waals surface area contributed by atoms with Crippen LogP contribution in [-0.2, 0) is 4.79 Å². The molecule has 0 unspecified atom stereocenters. The van der Waals surface area contributed by atoms with Gasteiger partial charge in [0, 0.05) is 19.0 Å². The van der Waals surface area contributed by atoms with Gasteiger partial charge in [0.25, 0.3) is 5.91 Å². The average molecular weight is 329 g/mol. The zero-order valence-corrected chi connectivity index (χ0v) is 14.2. The Hall–Kier alpha value is -1.59. The Morgan fingerprint density at radius 3 is 2.23 bits per heavy atom. The first-order valence-corrected chi connectivity index (χ1v) is 7.35. The fraction of sp³-hybridized carbons (Fsp3) is 0.500. The predicted octanol–water partition coefficient (Wildman–Crippen LogP) is 2.50. The van der Waals surface area contributed by atoms with Gasteiger partial charge in [0.05, 0.1) is 0 Å². The average Bonchev–Trinajstić information content (AvgIpc) is 2.47. The van der Waals surface area contributed by atoms with E-state index in [0.29, 0.717) is 17.9 Å². The van der Waals surface area contributed by atoms with Crippen molar-refractivity contribution in [2.75, 3.05) is 26.2 Å². The number of rotatable bonds is 8. The van der Waals surface area contributed by atoms with Crippen LogP contribution >= 0.6 is 12.4 Å². The highest BCUT2D eigenvalue weighted by atomic mass is 35.5. The summed E-state index contributed by atoms with van der Waals surface area (Å²) in [7, 11) is 0. The van der Waals surface area contributed by atoms with Crippen LogP contribution in [0.15, 0.2) is 24.3 Å². The van der Waals surface area contributed by atoms with Crippen LogP contribution in [-0.4, -0.2) is 43.0 Å². The number of halogens is 1. The molecule has 1 rings (SSSR count). The molecule has 0 aliphatic heterocycles. The molecule has 1 N–H and O–H groups in total. The second-order valence-electron chi connectivity index (χ2n) is 4.75. The Bertz CT molecular complexity index is 459. The van der Waals surface area contributed by atoms with E-state index in [9.17, 15) is 9.59 Å². The topological polar surface area (TPSA) is 58.6 Å². The van der Waals surface area contributed by atoms with Crippen molar-refractivity contribution >= 4 is 24.3 Å². The van der Waals surface area contributed by atoms with Crippen LogP contribution in [0.3, 0.4) is 0 Å². The third kappa shape index (κ3) is 7.43. The normalized spacial score (nSPS) is 10.0. The summed E-state index contributed by atoms with van der Waals surface area (Å²) in [4.78, 5) is 25.1. The van der Waals surface area contributed by atoms with E-state index in [-0.39, 0.29) is 24.3 Å². The summed E-state index contributed by atoms with van der Waals surface area (Å²) in [6.07, 6.45) is 0.930.